The van der Waals surface area contributed by atoms with Gasteiger partial charge in [0, 0.05) is 0 Å². The third kappa shape index (κ3) is 3.97. The lowest BCUT2D eigenvalue weighted by atomic mass is 10.1. The quantitative estimate of drug-likeness (QED) is 0.753. The van der Waals surface area contributed by atoms with E-state index in [9.17, 15) is 4.79 Å². The molecule has 0 saturated heterocycles. The number of rotatable bonds is 5. The third-order valence-corrected chi connectivity index (χ3v) is 4.47. The molecular formula is C22H21NO4. The Kier molecular flexibility index (Phi) is 4.83. The number of amides is 1. The van der Waals surface area contributed by atoms with Crippen molar-refractivity contribution in [3.63, 3.8) is 0 Å². The van der Waals surface area contributed by atoms with Gasteiger partial charge in [0.1, 0.15) is 18.5 Å². The molecule has 138 valence electrons. The fraction of sp³-hybridized carbons (Fsp3) is 0.227. The van der Waals surface area contributed by atoms with Crippen molar-refractivity contribution in [1.82, 2.24) is 5.32 Å². The van der Waals surface area contributed by atoms with Crippen molar-refractivity contribution in [3.8, 4) is 17.2 Å². The van der Waals surface area contributed by atoms with Gasteiger partial charge in [-0.25, -0.2) is 0 Å². The topological polar surface area (TPSA) is 56.8 Å². The molecule has 2 atom stereocenters. The highest BCUT2D eigenvalue weighted by Crippen LogP contribution is 2.30. The zero-order chi connectivity index (χ0) is 18.6. The predicted molar refractivity (Wildman–Crippen MR) is 103 cm³/mol. The lowest BCUT2D eigenvalue weighted by molar-refractivity contribution is -0.127. The largest absolute Gasteiger partial charge is 0.486 e. The molecule has 27 heavy (non-hydrogen) atoms. The summed E-state index contributed by atoms with van der Waals surface area (Å²) in [5.41, 5.74) is 0. The molecule has 0 unspecified atom stereocenters. The van der Waals surface area contributed by atoms with Crippen molar-refractivity contribution in [2.24, 2.45) is 0 Å². The van der Waals surface area contributed by atoms with Crippen molar-refractivity contribution in [3.05, 3.63) is 66.7 Å². The molecule has 1 aliphatic rings. The zero-order valence-electron chi connectivity index (χ0n) is 15.1. The molecule has 1 amide bonds. The molecule has 0 fully saturated rings. The van der Waals surface area contributed by atoms with Gasteiger partial charge >= 0.3 is 0 Å². The second-order valence-electron chi connectivity index (χ2n) is 6.51. The SMILES string of the molecule is C[C@@H](Oc1ccc2ccccc2c1)C(=O)NC[C@H]1COc2ccccc2O1. The van der Waals surface area contributed by atoms with Crippen LogP contribution in [0.2, 0.25) is 0 Å². The molecule has 0 aromatic heterocycles. The van der Waals surface area contributed by atoms with Gasteiger partial charge in [0.2, 0.25) is 0 Å². The number of hydrogen-bond acceptors (Lipinski definition) is 4. The molecule has 1 N–H and O–H groups in total. The van der Waals surface area contributed by atoms with Crippen molar-refractivity contribution < 1.29 is 19.0 Å². The number of nitrogens with one attached hydrogen (secondary N) is 1. The molecule has 1 aliphatic heterocycles. The summed E-state index contributed by atoms with van der Waals surface area (Å²) in [4.78, 5) is 12.4. The number of hydrogen-bond donors (Lipinski definition) is 1. The Morgan fingerprint density at radius 1 is 1.07 bits per heavy atom. The summed E-state index contributed by atoms with van der Waals surface area (Å²) in [6.07, 6.45) is -0.834. The molecule has 4 rings (SSSR count). The Morgan fingerprint density at radius 3 is 2.67 bits per heavy atom. The number of benzene rings is 3. The summed E-state index contributed by atoms with van der Waals surface area (Å²) in [5.74, 6) is 1.91. The van der Waals surface area contributed by atoms with E-state index in [2.05, 4.69) is 5.32 Å². The van der Waals surface area contributed by atoms with Crippen LogP contribution in [0, 0.1) is 0 Å². The van der Waals surface area contributed by atoms with E-state index in [1.54, 1.807) is 6.92 Å². The first-order chi connectivity index (χ1) is 13.2. The molecule has 3 aromatic rings. The predicted octanol–water partition coefficient (Wildman–Crippen LogP) is 3.56. The van der Waals surface area contributed by atoms with Gasteiger partial charge < -0.3 is 19.5 Å². The van der Waals surface area contributed by atoms with E-state index in [1.807, 2.05) is 66.7 Å². The van der Waals surface area contributed by atoms with Gasteiger partial charge in [-0.05, 0) is 42.0 Å². The van der Waals surface area contributed by atoms with Gasteiger partial charge in [-0.1, -0.05) is 42.5 Å². The van der Waals surface area contributed by atoms with Gasteiger partial charge in [-0.2, -0.15) is 0 Å². The summed E-state index contributed by atoms with van der Waals surface area (Å²) in [6.45, 7) is 2.49. The van der Waals surface area contributed by atoms with Crippen LogP contribution >= 0.6 is 0 Å². The first kappa shape index (κ1) is 17.2. The minimum atomic E-state index is -0.608. The molecule has 0 spiro atoms. The summed E-state index contributed by atoms with van der Waals surface area (Å²) in [5, 5.41) is 5.09. The average molecular weight is 363 g/mol. The zero-order valence-corrected chi connectivity index (χ0v) is 15.1. The first-order valence-corrected chi connectivity index (χ1v) is 9.01. The molecule has 1 heterocycles. The van der Waals surface area contributed by atoms with Crippen LogP contribution < -0.4 is 19.5 Å². The monoisotopic (exact) mass is 363 g/mol. The maximum absolute atomic E-state index is 12.4. The number of carbonyl (C=O) groups is 1. The van der Waals surface area contributed by atoms with Crippen LogP contribution in [0.25, 0.3) is 10.8 Å². The molecule has 0 bridgehead atoms. The van der Waals surface area contributed by atoms with Gasteiger partial charge in [0.15, 0.2) is 17.6 Å². The number of carbonyl (C=O) groups excluding carboxylic acids is 1. The van der Waals surface area contributed by atoms with Crippen LogP contribution in [0.5, 0.6) is 17.2 Å². The normalized spacial score (nSPS) is 16.6. The van der Waals surface area contributed by atoms with Gasteiger partial charge in [0.05, 0.1) is 6.54 Å². The van der Waals surface area contributed by atoms with Crippen molar-refractivity contribution in [2.45, 2.75) is 19.1 Å². The van der Waals surface area contributed by atoms with Crippen LogP contribution in [-0.2, 0) is 4.79 Å². The maximum Gasteiger partial charge on any atom is 0.260 e. The molecule has 5 nitrogen and oxygen atoms in total. The molecular weight excluding hydrogens is 342 g/mol. The van der Waals surface area contributed by atoms with Crippen LogP contribution in [0.1, 0.15) is 6.92 Å². The second kappa shape index (κ2) is 7.58. The Labute approximate surface area is 157 Å². The Balaban J connectivity index is 1.31. The lowest BCUT2D eigenvalue weighted by Crippen LogP contribution is -2.44. The van der Waals surface area contributed by atoms with Crippen LogP contribution in [0.3, 0.4) is 0 Å². The van der Waals surface area contributed by atoms with Gasteiger partial charge in [-0.15, -0.1) is 0 Å². The lowest BCUT2D eigenvalue weighted by Gasteiger charge is -2.27. The van der Waals surface area contributed by atoms with Crippen LogP contribution in [0.15, 0.2) is 66.7 Å². The average Bonchev–Trinajstić information content (AvgIpc) is 2.71. The molecule has 3 aromatic carbocycles. The summed E-state index contributed by atoms with van der Waals surface area (Å²) >= 11 is 0. The summed E-state index contributed by atoms with van der Waals surface area (Å²) in [6, 6.07) is 21.3. The highest BCUT2D eigenvalue weighted by Gasteiger charge is 2.22. The van der Waals surface area contributed by atoms with Crippen molar-refractivity contribution in [2.75, 3.05) is 13.2 Å². The Bertz CT molecular complexity index is 956. The highest BCUT2D eigenvalue weighted by molar-refractivity contribution is 5.84. The smallest absolute Gasteiger partial charge is 0.260 e. The van der Waals surface area contributed by atoms with Crippen LogP contribution in [0.4, 0.5) is 0 Å². The summed E-state index contributed by atoms with van der Waals surface area (Å²) in [7, 11) is 0. The fourth-order valence-corrected chi connectivity index (χ4v) is 3.02. The van der Waals surface area contributed by atoms with E-state index in [0.29, 0.717) is 24.7 Å². The molecule has 5 heteroatoms. The van der Waals surface area contributed by atoms with E-state index in [4.69, 9.17) is 14.2 Å². The Morgan fingerprint density at radius 2 is 1.81 bits per heavy atom. The minimum Gasteiger partial charge on any atom is -0.486 e. The van der Waals surface area contributed by atoms with E-state index in [-0.39, 0.29) is 12.0 Å². The van der Waals surface area contributed by atoms with Crippen molar-refractivity contribution in [1.29, 1.82) is 0 Å². The standard InChI is InChI=1S/C22H21NO4/c1-15(26-18-11-10-16-6-2-3-7-17(16)12-18)22(24)23-13-19-14-25-20-8-4-5-9-21(20)27-19/h2-12,15,19H,13-14H2,1H3,(H,23,24)/t15-,19+/m1/s1. The van der Waals surface area contributed by atoms with Crippen molar-refractivity contribution >= 4 is 16.7 Å². The van der Waals surface area contributed by atoms with E-state index in [0.717, 1.165) is 16.5 Å². The van der Waals surface area contributed by atoms with Crippen LogP contribution in [-0.4, -0.2) is 31.3 Å². The van der Waals surface area contributed by atoms with E-state index >= 15 is 0 Å². The Hall–Kier alpha value is -3.21. The fourth-order valence-electron chi connectivity index (χ4n) is 3.02. The number of fused-ring (bicyclic) bond motifs is 2. The second-order valence-corrected chi connectivity index (χ2v) is 6.51. The summed E-state index contributed by atoms with van der Waals surface area (Å²) < 4.78 is 17.3. The highest BCUT2D eigenvalue weighted by atomic mass is 16.6. The minimum absolute atomic E-state index is 0.189. The van der Waals surface area contributed by atoms with Gasteiger partial charge in [-0.3, -0.25) is 4.79 Å². The molecule has 0 saturated carbocycles. The first-order valence-electron chi connectivity index (χ1n) is 9.01. The van der Waals surface area contributed by atoms with E-state index in [1.165, 1.54) is 0 Å². The molecule has 0 radical (unpaired) electrons. The maximum atomic E-state index is 12.4. The molecule has 0 aliphatic carbocycles. The number of para-hydroxylation sites is 2. The third-order valence-electron chi connectivity index (χ3n) is 4.47. The van der Waals surface area contributed by atoms with Gasteiger partial charge in [0.25, 0.3) is 5.91 Å². The number of ether oxygens (including phenoxy) is 3. The van der Waals surface area contributed by atoms with E-state index < -0.39 is 6.10 Å².